The highest BCUT2D eigenvalue weighted by Gasteiger charge is 2.26. The lowest BCUT2D eigenvalue weighted by Crippen LogP contribution is -2.54. The molecule has 2 atom stereocenters. The van der Waals surface area contributed by atoms with Crippen LogP contribution < -0.4 is 11.3 Å². The topological polar surface area (TPSA) is 50.5 Å². The molecule has 1 heterocycles. The van der Waals surface area contributed by atoms with E-state index in [1.807, 2.05) is 6.92 Å². The van der Waals surface area contributed by atoms with E-state index in [1.54, 1.807) is 0 Å². The van der Waals surface area contributed by atoms with Crippen molar-refractivity contribution < 1.29 is 4.74 Å². The van der Waals surface area contributed by atoms with Crippen molar-refractivity contribution in [1.82, 2.24) is 10.3 Å². The van der Waals surface area contributed by atoms with Crippen LogP contribution in [0, 0.1) is 11.8 Å². The minimum atomic E-state index is 0.193. The highest BCUT2D eigenvalue weighted by molar-refractivity contribution is 4.96. The average Bonchev–Trinajstić information content (AvgIpc) is 2.35. The Morgan fingerprint density at radius 3 is 3.06 bits per heavy atom. The van der Waals surface area contributed by atoms with E-state index >= 15 is 0 Å². The van der Waals surface area contributed by atoms with E-state index in [0.29, 0.717) is 0 Å². The summed E-state index contributed by atoms with van der Waals surface area (Å²) in [5, 5.41) is 0. The van der Waals surface area contributed by atoms with E-state index in [0.717, 1.165) is 39.1 Å². The van der Waals surface area contributed by atoms with E-state index in [-0.39, 0.29) is 12.1 Å². The van der Waals surface area contributed by atoms with Crippen LogP contribution >= 0.6 is 0 Å². The summed E-state index contributed by atoms with van der Waals surface area (Å²) in [4.78, 5) is 2.45. The normalized spacial score (nSPS) is 22.9. The van der Waals surface area contributed by atoms with E-state index in [9.17, 15) is 0 Å². The van der Waals surface area contributed by atoms with Crippen LogP contribution in [-0.4, -0.2) is 43.3 Å². The lowest BCUT2D eigenvalue weighted by molar-refractivity contribution is -0.0473. The van der Waals surface area contributed by atoms with Crippen LogP contribution in [0.2, 0.25) is 0 Å². The molecule has 0 spiro atoms. The second-order valence-corrected chi connectivity index (χ2v) is 4.45. The number of hydrogen-bond donors (Lipinski definition) is 2. The molecule has 1 aliphatic rings. The van der Waals surface area contributed by atoms with Crippen LogP contribution in [0.25, 0.3) is 0 Å². The molecule has 0 radical (unpaired) electrons. The Hall–Kier alpha value is -0.600. The van der Waals surface area contributed by atoms with Gasteiger partial charge in [-0.05, 0) is 26.3 Å². The molecule has 1 rings (SSSR count). The lowest BCUT2D eigenvalue weighted by Gasteiger charge is -2.36. The first-order valence-corrected chi connectivity index (χ1v) is 6.51. The highest BCUT2D eigenvalue weighted by atomic mass is 16.5. The van der Waals surface area contributed by atoms with Gasteiger partial charge >= 0.3 is 0 Å². The summed E-state index contributed by atoms with van der Waals surface area (Å²) in [6.07, 6.45) is 3.20. The SMILES string of the molecule is CC#CCCC(NN)C1CN(CCC)CCO1. The van der Waals surface area contributed by atoms with E-state index in [4.69, 9.17) is 10.6 Å². The number of hydrazine groups is 1. The number of hydrogen-bond acceptors (Lipinski definition) is 4. The summed E-state index contributed by atoms with van der Waals surface area (Å²) in [7, 11) is 0. The van der Waals surface area contributed by atoms with E-state index in [2.05, 4.69) is 29.1 Å². The van der Waals surface area contributed by atoms with Crippen LogP contribution in [0.15, 0.2) is 0 Å². The van der Waals surface area contributed by atoms with Gasteiger partial charge in [-0.15, -0.1) is 11.8 Å². The van der Waals surface area contributed by atoms with Gasteiger partial charge in [0, 0.05) is 25.6 Å². The molecule has 0 bridgehead atoms. The van der Waals surface area contributed by atoms with Crippen LogP contribution in [0.3, 0.4) is 0 Å². The summed E-state index contributed by atoms with van der Waals surface area (Å²) in [5.74, 6) is 11.6. The summed E-state index contributed by atoms with van der Waals surface area (Å²) in [6.45, 7) is 8.04. The predicted octanol–water partition coefficient (Wildman–Crippen LogP) is 0.733. The Bertz CT molecular complexity index is 257. The van der Waals surface area contributed by atoms with Crippen molar-refractivity contribution in [2.75, 3.05) is 26.2 Å². The smallest absolute Gasteiger partial charge is 0.0869 e. The first kappa shape index (κ1) is 14.5. The Labute approximate surface area is 105 Å². The van der Waals surface area contributed by atoms with Crippen molar-refractivity contribution in [1.29, 1.82) is 0 Å². The van der Waals surface area contributed by atoms with Gasteiger partial charge in [-0.3, -0.25) is 16.2 Å². The van der Waals surface area contributed by atoms with Crippen molar-refractivity contribution in [2.24, 2.45) is 5.84 Å². The minimum absolute atomic E-state index is 0.193. The van der Waals surface area contributed by atoms with Crippen LogP contribution in [0.4, 0.5) is 0 Å². The molecule has 1 saturated heterocycles. The number of morpholine rings is 1. The molecule has 98 valence electrons. The number of nitrogens with zero attached hydrogens (tertiary/aromatic N) is 1. The molecule has 2 unspecified atom stereocenters. The maximum Gasteiger partial charge on any atom is 0.0869 e. The molecule has 0 aromatic rings. The number of ether oxygens (including phenoxy) is 1. The van der Waals surface area contributed by atoms with Gasteiger partial charge in [0.15, 0.2) is 0 Å². The number of rotatable bonds is 6. The van der Waals surface area contributed by atoms with Crippen molar-refractivity contribution in [3.63, 3.8) is 0 Å². The first-order valence-electron chi connectivity index (χ1n) is 6.51. The Morgan fingerprint density at radius 2 is 2.41 bits per heavy atom. The van der Waals surface area contributed by atoms with Gasteiger partial charge in [0.05, 0.1) is 12.7 Å². The maximum absolute atomic E-state index is 5.81. The van der Waals surface area contributed by atoms with E-state index < -0.39 is 0 Å². The third-order valence-corrected chi connectivity index (χ3v) is 3.14. The lowest BCUT2D eigenvalue weighted by atomic mass is 10.0. The van der Waals surface area contributed by atoms with Gasteiger partial charge in [0.1, 0.15) is 0 Å². The van der Waals surface area contributed by atoms with Crippen molar-refractivity contribution in [2.45, 2.75) is 45.3 Å². The second kappa shape index (κ2) is 8.48. The molecule has 4 nitrogen and oxygen atoms in total. The molecule has 0 amide bonds. The molecule has 1 fully saturated rings. The van der Waals surface area contributed by atoms with Crippen molar-refractivity contribution in [3.8, 4) is 11.8 Å². The fourth-order valence-electron chi connectivity index (χ4n) is 2.22. The molecule has 17 heavy (non-hydrogen) atoms. The molecule has 0 aliphatic carbocycles. The Morgan fingerprint density at radius 1 is 1.59 bits per heavy atom. The van der Waals surface area contributed by atoms with Crippen LogP contribution in [-0.2, 0) is 4.74 Å². The molecule has 4 heteroatoms. The molecular formula is C13H25N3O. The van der Waals surface area contributed by atoms with Gasteiger partial charge in [0.25, 0.3) is 0 Å². The number of nitrogens with one attached hydrogen (secondary N) is 1. The predicted molar refractivity (Wildman–Crippen MR) is 70.3 cm³/mol. The zero-order chi connectivity index (χ0) is 12.5. The zero-order valence-electron chi connectivity index (χ0n) is 11.0. The number of nitrogens with two attached hydrogens (primary N) is 1. The van der Waals surface area contributed by atoms with Gasteiger partial charge in [0.2, 0.25) is 0 Å². The summed E-state index contributed by atoms with van der Waals surface area (Å²) in [5.41, 5.74) is 2.87. The van der Waals surface area contributed by atoms with E-state index in [1.165, 1.54) is 6.42 Å². The summed E-state index contributed by atoms with van der Waals surface area (Å²) < 4.78 is 5.81. The second-order valence-electron chi connectivity index (χ2n) is 4.45. The van der Waals surface area contributed by atoms with Crippen LogP contribution in [0.1, 0.15) is 33.1 Å². The zero-order valence-corrected chi connectivity index (χ0v) is 11.0. The highest BCUT2D eigenvalue weighted by Crippen LogP contribution is 2.12. The summed E-state index contributed by atoms with van der Waals surface area (Å²) >= 11 is 0. The molecule has 0 aromatic heterocycles. The largest absolute Gasteiger partial charge is 0.374 e. The van der Waals surface area contributed by atoms with Gasteiger partial charge in [-0.2, -0.15) is 0 Å². The molecule has 0 aromatic carbocycles. The standard InChI is InChI=1S/C13H25N3O/c1-3-5-6-7-12(15-14)13-11-16(8-4-2)9-10-17-13/h12-13,15H,4,6-11,14H2,1-2H3. The first-order chi connectivity index (χ1) is 8.31. The third kappa shape index (κ3) is 5.05. The monoisotopic (exact) mass is 239 g/mol. The fourth-order valence-corrected chi connectivity index (χ4v) is 2.22. The van der Waals surface area contributed by atoms with Crippen LogP contribution in [0.5, 0.6) is 0 Å². The molecule has 3 N–H and O–H groups in total. The molecular weight excluding hydrogens is 214 g/mol. The minimum Gasteiger partial charge on any atom is -0.374 e. The quantitative estimate of drug-likeness (QED) is 0.408. The van der Waals surface area contributed by atoms with Gasteiger partial charge < -0.3 is 4.74 Å². The van der Waals surface area contributed by atoms with Crippen molar-refractivity contribution >= 4 is 0 Å². The molecule has 1 aliphatic heterocycles. The molecule has 0 saturated carbocycles. The Balaban J connectivity index is 2.40. The summed E-state index contributed by atoms with van der Waals surface area (Å²) in [6, 6.07) is 0.204. The average molecular weight is 239 g/mol. The van der Waals surface area contributed by atoms with Crippen molar-refractivity contribution in [3.05, 3.63) is 0 Å². The third-order valence-electron chi connectivity index (χ3n) is 3.14. The fraction of sp³-hybridized carbons (Fsp3) is 0.846. The maximum atomic E-state index is 5.81. The van der Waals surface area contributed by atoms with Gasteiger partial charge in [-0.1, -0.05) is 6.92 Å². The van der Waals surface area contributed by atoms with Gasteiger partial charge in [-0.25, -0.2) is 0 Å². The Kier molecular flexibility index (Phi) is 7.22.